The summed E-state index contributed by atoms with van der Waals surface area (Å²) in [5, 5.41) is 11.3. The molecule has 1 rings (SSSR count). The number of hydrogen-bond acceptors (Lipinski definition) is 4. The summed E-state index contributed by atoms with van der Waals surface area (Å²) in [6, 6.07) is 6.42. The van der Waals surface area contributed by atoms with E-state index in [0.717, 1.165) is 0 Å². The van der Waals surface area contributed by atoms with Gasteiger partial charge in [-0.25, -0.2) is 5.26 Å². The summed E-state index contributed by atoms with van der Waals surface area (Å²) in [6.45, 7) is 0. The number of nitrogen functional groups attached to an aromatic ring is 1. The highest BCUT2D eigenvalue weighted by molar-refractivity contribution is 5.41. The first-order valence-electron chi connectivity index (χ1n) is 2.66. The van der Waals surface area contributed by atoms with E-state index < -0.39 is 0 Å². The molecule has 0 saturated heterocycles. The molecule has 0 atom stereocenters. The lowest BCUT2D eigenvalue weighted by molar-refractivity contribution is -0.438. The van der Waals surface area contributed by atoms with E-state index in [1.165, 1.54) is 0 Å². The Morgan fingerprint density at radius 2 is 1.80 bits per heavy atom. The molecule has 54 valence electrons. The lowest BCUT2D eigenvalue weighted by Crippen LogP contribution is -1.91. The van der Waals surface area contributed by atoms with E-state index in [1.54, 1.807) is 24.3 Å². The fourth-order valence-corrected chi connectivity index (χ4v) is 0.566. The molecule has 1 aromatic rings. The van der Waals surface area contributed by atoms with E-state index in [-0.39, 0.29) is 0 Å². The Balaban J connectivity index is 2.69. The molecule has 0 amide bonds. The molecule has 0 aromatic heterocycles. The van der Waals surface area contributed by atoms with Crippen LogP contribution < -0.4 is 10.6 Å². The highest BCUT2D eigenvalue weighted by Gasteiger charge is 1.90. The van der Waals surface area contributed by atoms with Crippen molar-refractivity contribution in [3.63, 3.8) is 0 Å². The van der Waals surface area contributed by atoms with Crippen LogP contribution in [-0.2, 0) is 5.04 Å². The van der Waals surface area contributed by atoms with Gasteiger partial charge in [0.1, 0.15) is 0 Å². The van der Waals surface area contributed by atoms with Crippen LogP contribution >= 0.6 is 0 Å². The van der Waals surface area contributed by atoms with Crippen LogP contribution in [0.1, 0.15) is 0 Å². The molecule has 3 N–H and O–H groups in total. The summed E-state index contributed by atoms with van der Waals surface area (Å²) >= 11 is 0. The van der Waals surface area contributed by atoms with Crippen molar-refractivity contribution >= 4 is 5.69 Å². The topological polar surface area (TPSA) is 64.7 Å². The van der Waals surface area contributed by atoms with E-state index in [9.17, 15) is 0 Å². The molecule has 4 nitrogen and oxygen atoms in total. The van der Waals surface area contributed by atoms with Gasteiger partial charge < -0.3 is 10.6 Å². The van der Waals surface area contributed by atoms with Gasteiger partial charge in [-0.2, -0.15) is 0 Å². The van der Waals surface area contributed by atoms with Crippen molar-refractivity contribution in [2.75, 3.05) is 5.73 Å². The molecule has 0 heterocycles. The van der Waals surface area contributed by atoms with Crippen LogP contribution in [0.2, 0.25) is 0 Å². The van der Waals surface area contributed by atoms with Gasteiger partial charge in [-0.1, -0.05) is 0 Å². The molecule has 0 saturated carbocycles. The summed E-state index contributed by atoms with van der Waals surface area (Å²) in [7, 11) is 0. The maximum Gasteiger partial charge on any atom is 0.168 e. The van der Waals surface area contributed by atoms with E-state index in [1.807, 2.05) is 0 Å². The molecule has 0 aliphatic heterocycles. The van der Waals surface area contributed by atoms with E-state index in [4.69, 9.17) is 11.0 Å². The Bertz CT molecular complexity index is 197. The van der Waals surface area contributed by atoms with Crippen LogP contribution in [0.15, 0.2) is 24.3 Å². The Morgan fingerprint density at radius 1 is 1.20 bits per heavy atom. The quantitative estimate of drug-likeness (QED) is 0.367. The number of rotatable bonds is 2. The van der Waals surface area contributed by atoms with Crippen LogP contribution in [-0.4, -0.2) is 5.26 Å². The fraction of sp³-hybridized carbons (Fsp3) is 0. The molecule has 0 aliphatic carbocycles. The largest absolute Gasteiger partial charge is 0.399 e. The second-order valence-corrected chi connectivity index (χ2v) is 1.73. The molecular formula is C6H7NO3. The Kier molecular flexibility index (Phi) is 2.09. The smallest absolute Gasteiger partial charge is 0.168 e. The molecule has 0 aliphatic rings. The van der Waals surface area contributed by atoms with Crippen LogP contribution in [0.4, 0.5) is 5.69 Å². The third-order valence-electron chi connectivity index (χ3n) is 1.01. The van der Waals surface area contributed by atoms with Gasteiger partial charge in [-0.15, -0.1) is 0 Å². The maximum atomic E-state index is 7.84. The Morgan fingerprint density at radius 3 is 2.30 bits per heavy atom. The molecule has 10 heavy (non-hydrogen) atoms. The molecule has 0 bridgehead atoms. The molecule has 0 spiro atoms. The van der Waals surface area contributed by atoms with Crippen molar-refractivity contribution in [2.45, 2.75) is 0 Å². The van der Waals surface area contributed by atoms with Crippen LogP contribution in [0, 0.1) is 0 Å². The van der Waals surface area contributed by atoms with Gasteiger partial charge in [0, 0.05) is 5.69 Å². The first-order chi connectivity index (χ1) is 4.83. The highest BCUT2D eigenvalue weighted by Crippen LogP contribution is 2.12. The minimum atomic E-state index is 0.400. The van der Waals surface area contributed by atoms with Crippen LogP contribution in [0.5, 0.6) is 5.75 Å². The van der Waals surface area contributed by atoms with Gasteiger partial charge in [0.2, 0.25) is 0 Å². The highest BCUT2D eigenvalue weighted by atomic mass is 17.5. The minimum Gasteiger partial charge on any atom is -0.399 e. The first kappa shape index (κ1) is 6.85. The predicted octanol–water partition coefficient (Wildman–Crippen LogP) is 1.05. The van der Waals surface area contributed by atoms with Crippen LogP contribution in [0.25, 0.3) is 0 Å². The number of anilines is 1. The monoisotopic (exact) mass is 141 g/mol. The van der Waals surface area contributed by atoms with Gasteiger partial charge in [0.25, 0.3) is 0 Å². The van der Waals surface area contributed by atoms with E-state index in [2.05, 4.69) is 9.93 Å². The van der Waals surface area contributed by atoms with Crippen molar-refractivity contribution < 1.29 is 15.2 Å². The standard InChI is InChI=1S/C6H7NO3/c7-5-1-3-6(4-2-5)9-10-8/h1-4,8H,7H2. The average Bonchev–Trinajstić information content (AvgIpc) is 1.95. The molecule has 0 unspecified atom stereocenters. The van der Waals surface area contributed by atoms with Crippen molar-refractivity contribution in [1.82, 2.24) is 0 Å². The molecule has 0 radical (unpaired) electrons. The summed E-state index contributed by atoms with van der Waals surface area (Å²) in [6.07, 6.45) is 0. The number of nitrogens with two attached hydrogens (primary N) is 1. The molecule has 4 heteroatoms. The summed E-state index contributed by atoms with van der Waals surface area (Å²) in [5.41, 5.74) is 5.99. The predicted molar refractivity (Wildman–Crippen MR) is 35.2 cm³/mol. The van der Waals surface area contributed by atoms with E-state index in [0.29, 0.717) is 11.4 Å². The van der Waals surface area contributed by atoms with Crippen LogP contribution in [0.3, 0.4) is 0 Å². The normalized spacial score (nSPS) is 9.30. The van der Waals surface area contributed by atoms with E-state index >= 15 is 0 Å². The second kappa shape index (κ2) is 3.05. The fourth-order valence-electron chi connectivity index (χ4n) is 0.566. The molecule has 0 fully saturated rings. The zero-order chi connectivity index (χ0) is 7.40. The summed E-state index contributed by atoms with van der Waals surface area (Å²) < 4.78 is 0. The maximum absolute atomic E-state index is 7.84. The van der Waals surface area contributed by atoms with Gasteiger partial charge in [-0.3, -0.25) is 0 Å². The molecular weight excluding hydrogens is 134 g/mol. The van der Waals surface area contributed by atoms with Gasteiger partial charge >= 0.3 is 0 Å². The SMILES string of the molecule is Nc1ccc(OOO)cc1. The van der Waals surface area contributed by atoms with Gasteiger partial charge in [0.05, 0.1) is 0 Å². The minimum absolute atomic E-state index is 0.400. The van der Waals surface area contributed by atoms with Crippen molar-refractivity contribution in [2.24, 2.45) is 0 Å². The van der Waals surface area contributed by atoms with Crippen molar-refractivity contribution in [3.05, 3.63) is 24.3 Å². The number of benzene rings is 1. The van der Waals surface area contributed by atoms with Gasteiger partial charge in [-0.05, 0) is 29.3 Å². The zero-order valence-corrected chi connectivity index (χ0v) is 5.15. The Hall–Kier alpha value is -1.26. The average molecular weight is 141 g/mol. The lowest BCUT2D eigenvalue weighted by atomic mass is 10.3. The molecule has 1 aromatic carbocycles. The summed E-state index contributed by atoms with van der Waals surface area (Å²) in [4.78, 5) is 4.26. The van der Waals surface area contributed by atoms with Crippen molar-refractivity contribution in [3.8, 4) is 5.75 Å². The third-order valence-corrected chi connectivity index (χ3v) is 1.01. The lowest BCUT2D eigenvalue weighted by Gasteiger charge is -1.97. The zero-order valence-electron chi connectivity index (χ0n) is 5.15. The van der Waals surface area contributed by atoms with Crippen molar-refractivity contribution in [1.29, 1.82) is 0 Å². The first-order valence-corrected chi connectivity index (χ1v) is 2.66. The Labute approximate surface area is 57.7 Å². The third kappa shape index (κ3) is 1.61. The summed E-state index contributed by atoms with van der Waals surface area (Å²) in [5.74, 6) is 0.400. The van der Waals surface area contributed by atoms with Gasteiger partial charge in [0.15, 0.2) is 5.75 Å². The second-order valence-electron chi connectivity index (χ2n) is 1.73. The number of hydrogen-bond donors (Lipinski definition) is 2.